The number of aliphatic hydroxyl groups is 1. The minimum Gasteiger partial charge on any atom is -0.466 e. The molecule has 0 bridgehead atoms. The number of furan rings is 1. The van der Waals surface area contributed by atoms with E-state index in [2.05, 4.69) is 10.4 Å². The number of nitrogens with zero attached hydrogens (tertiary/aromatic N) is 2. The lowest BCUT2D eigenvalue weighted by atomic mass is 9.96. The monoisotopic (exact) mass is 325 g/mol. The molecule has 2 aromatic heterocycles. The third-order valence-electron chi connectivity index (χ3n) is 4.08. The van der Waals surface area contributed by atoms with Gasteiger partial charge in [-0.2, -0.15) is 5.10 Å². The van der Waals surface area contributed by atoms with Crippen LogP contribution in [0.3, 0.4) is 0 Å². The Morgan fingerprint density at radius 1 is 1.25 bits per heavy atom. The van der Waals surface area contributed by atoms with Gasteiger partial charge in [-0.25, -0.2) is 4.68 Å². The molecule has 2 heterocycles. The van der Waals surface area contributed by atoms with Gasteiger partial charge in [-0.3, -0.25) is 0 Å². The molecule has 3 rings (SSSR count). The van der Waals surface area contributed by atoms with Crippen molar-refractivity contribution in [2.45, 2.75) is 32.9 Å². The van der Waals surface area contributed by atoms with Gasteiger partial charge >= 0.3 is 0 Å². The summed E-state index contributed by atoms with van der Waals surface area (Å²) in [6.45, 7) is 6.63. The first-order valence-corrected chi connectivity index (χ1v) is 8.05. The van der Waals surface area contributed by atoms with E-state index in [1.807, 2.05) is 67.3 Å². The first-order chi connectivity index (χ1) is 11.5. The minimum atomic E-state index is -0.975. The maximum absolute atomic E-state index is 10.7. The topological polar surface area (TPSA) is 63.2 Å². The number of nitrogens with one attached hydrogen (secondary N) is 1. The molecule has 1 atom stereocenters. The average molecular weight is 325 g/mol. The predicted octanol–water partition coefficient (Wildman–Crippen LogP) is 3.08. The predicted molar refractivity (Wildman–Crippen MR) is 93.0 cm³/mol. The van der Waals surface area contributed by atoms with Crippen molar-refractivity contribution >= 4 is 0 Å². The zero-order chi connectivity index (χ0) is 17.2. The van der Waals surface area contributed by atoms with Crippen LogP contribution in [0.25, 0.3) is 5.69 Å². The molecular weight excluding hydrogens is 302 g/mol. The summed E-state index contributed by atoms with van der Waals surface area (Å²) < 4.78 is 7.36. The highest BCUT2D eigenvalue weighted by molar-refractivity contribution is 5.31. The van der Waals surface area contributed by atoms with Gasteiger partial charge < -0.3 is 14.8 Å². The summed E-state index contributed by atoms with van der Waals surface area (Å²) in [5.41, 5.74) is 1.94. The molecule has 0 aliphatic rings. The molecule has 0 saturated heterocycles. The number of benzene rings is 1. The van der Waals surface area contributed by atoms with Gasteiger partial charge in [-0.1, -0.05) is 18.2 Å². The molecule has 1 unspecified atom stereocenters. The molecule has 5 heteroatoms. The maximum Gasteiger partial charge on any atom is 0.107 e. The van der Waals surface area contributed by atoms with Crippen LogP contribution in [-0.2, 0) is 12.1 Å². The minimum absolute atomic E-state index is 0.434. The van der Waals surface area contributed by atoms with E-state index in [1.54, 1.807) is 6.92 Å². The van der Waals surface area contributed by atoms with E-state index in [0.717, 1.165) is 28.3 Å². The van der Waals surface area contributed by atoms with E-state index in [9.17, 15) is 5.11 Å². The summed E-state index contributed by atoms with van der Waals surface area (Å²) >= 11 is 0. The summed E-state index contributed by atoms with van der Waals surface area (Å²) in [4.78, 5) is 0. The third kappa shape index (κ3) is 3.58. The van der Waals surface area contributed by atoms with E-state index in [0.29, 0.717) is 13.1 Å². The van der Waals surface area contributed by atoms with Crippen molar-refractivity contribution in [3.63, 3.8) is 0 Å². The normalized spacial score (nSPS) is 13.8. The summed E-state index contributed by atoms with van der Waals surface area (Å²) in [6, 6.07) is 11.9. The van der Waals surface area contributed by atoms with Crippen LogP contribution in [0.15, 0.2) is 53.2 Å². The van der Waals surface area contributed by atoms with Crippen LogP contribution in [-0.4, -0.2) is 21.4 Å². The summed E-state index contributed by atoms with van der Waals surface area (Å²) in [6.07, 6.45) is 3.83. The molecule has 2 N–H and O–H groups in total. The molecule has 5 nitrogen and oxygen atoms in total. The largest absolute Gasteiger partial charge is 0.466 e. The zero-order valence-corrected chi connectivity index (χ0v) is 14.3. The van der Waals surface area contributed by atoms with Crippen LogP contribution in [0.4, 0.5) is 0 Å². The van der Waals surface area contributed by atoms with E-state index < -0.39 is 5.60 Å². The molecule has 0 fully saturated rings. The average Bonchev–Trinajstić information content (AvgIpc) is 3.15. The van der Waals surface area contributed by atoms with Gasteiger partial charge in [-0.05, 0) is 39.0 Å². The SMILES string of the molecule is Cc1cc(C(C)(O)CNCc2cnn(-c3ccccc3)c2)c(C)o1. The maximum atomic E-state index is 10.7. The molecule has 0 aliphatic heterocycles. The van der Waals surface area contributed by atoms with Gasteiger partial charge in [0, 0.05) is 30.4 Å². The van der Waals surface area contributed by atoms with Crippen molar-refractivity contribution in [1.82, 2.24) is 15.1 Å². The molecule has 0 saturated carbocycles. The third-order valence-corrected chi connectivity index (χ3v) is 4.08. The number of hydrogen-bond acceptors (Lipinski definition) is 4. The van der Waals surface area contributed by atoms with Gasteiger partial charge in [0.25, 0.3) is 0 Å². The van der Waals surface area contributed by atoms with Gasteiger partial charge in [0.1, 0.15) is 17.1 Å². The number of aryl methyl sites for hydroxylation is 2. The highest BCUT2D eigenvalue weighted by Gasteiger charge is 2.27. The van der Waals surface area contributed by atoms with Crippen molar-refractivity contribution in [3.05, 3.63) is 71.4 Å². The summed E-state index contributed by atoms with van der Waals surface area (Å²) in [7, 11) is 0. The van der Waals surface area contributed by atoms with Gasteiger partial charge in [0.2, 0.25) is 0 Å². The lowest BCUT2D eigenvalue weighted by molar-refractivity contribution is 0.0552. The number of hydrogen-bond donors (Lipinski definition) is 2. The molecular formula is C19H23N3O2. The van der Waals surface area contributed by atoms with Crippen molar-refractivity contribution in [2.24, 2.45) is 0 Å². The second kappa shape index (κ2) is 6.63. The Morgan fingerprint density at radius 2 is 2.00 bits per heavy atom. The lowest BCUT2D eigenvalue weighted by Gasteiger charge is -2.23. The fourth-order valence-electron chi connectivity index (χ4n) is 2.88. The van der Waals surface area contributed by atoms with Gasteiger partial charge in [-0.15, -0.1) is 0 Å². The molecule has 0 spiro atoms. The molecule has 0 aliphatic carbocycles. The molecule has 0 radical (unpaired) electrons. The second-order valence-corrected chi connectivity index (χ2v) is 6.33. The summed E-state index contributed by atoms with van der Waals surface area (Å²) in [5.74, 6) is 1.57. The molecule has 0 amide bonds. The van der Waals surface area contributed by atoms with Crippen LogP contribution in [0.2, 0.25) is 0 Å². The highest BCUT2D eigenvalue weighted by atomic mass is 16.3. The standard InChI is InChI=1S/C19H23N3O2/c1-14-9-18(15(2)24-14)19(3,23)13-20-10-16-11-21-22(12-16)17-7-5-4-6-8-17/h4-9,11-12,20,23H,10,13H2,1-3H3. The Labute approximate surface area is 141 Å². The summed E-state index contributed by atoms with van der Waals surface area (Å²) in [5, 5.41) is 18.4. The van der Waals surface area contributed by atoms with Crippen molar-refractivity contribution < 1.29 is 9.52 Å². The number of para-hydroxylation sites is 1. The van der Waals surface area contributed by atoms with Gasteiger partial charge in [0.05, 0.1) is 11.9 Å². The van der Waals surface area contributed by atoms with Crippen molar-refractivity contribution in [3.8, 4) is 5.69 Å². The van der Waals surface area contributed by atoms with E-state index in [-0.39, 0.29) is 0 Å². The van der Waals surface area contributed by atoms with Gasteiger partial charge in [0.15, 0.2) is 0 Å². The first-order valence-electron chi connectivity index (χ1n) is 8.05. The quantitative estimate of drug-likeness (QED) is 0.731. The zero-order valence-electron chi connectivity index (χ0n) is 14.3. The van der Waals surface area contributed by atoms with Crippen molar-refractivity contribution in [1.29, 1.82) is 0 Å². The Morgan fingerprint density at radius 3 is 2.67 bits per heavy atom. The van der Waals surface area contributed by atoms with Crippen LogP contribution < -0.4 is 5.32 Å². The van der Waals surface area contributed by atoms with Crippen LogP contribution in [0.5, 0.6) is 0 Å². The van der Waals surface area contributed by atoms with E-state index in [4.69, 9.17) is 4.42 Å². The number of rotatable bonds is 6. The Bertz CT molecular complexity index is 803. The smallest absolute Gasteiger partial charge is 0.107 e. The Balaban J connectivity index is 1.60. The Kier molecular flexibility index (Phi) is 4.55. The first kappa shape index (κ1) is 16.5. The Hall–Kier alpha value is -2.37. The molecule has 24 heavy (non-hydrogen) atoms. The number of aromatic nitrogens is 2. The van der Waals surface area contributed by atoms with Crippen LogP contribution in [0.1, 0.15) is 29.6 Å². The second-order valence-electron chi connectivity index (χ2n) is 6.33. The highest BCUT2D eigenvalue weighted by Crippen LogP contribution is 2.26. The molecule has 126 valence electrons. The van der Waals surface area contributed by atoms with E-state index >= 15 is 0 Å². The lowest BCUT2D eigenvalue weighted by Crippen LogP contribution is -2.35. The fraction of sp³-hybridized carbons (Fsp3) is 0.316. The van der Waals surface area contributed by atoms with Crippen LogP contribution >= 0.6 is 0 Å². The molecule has 3 aromatic rings. The fourth-order valence-corrected chi connectivity index (χ4v) is 2.88. The van der Waals surface area contributed by atoms with E-state index in [1.165, 1.54) is 0 Å². The molecule has 1 aromatic carbocycles. The van der Waals surface area contributed by atoms with Crippen LogP contribution in [0, 0.1) is 13.8 Å². The van der Waals surface area contributed by atoms with Crippen molar-refractivity contribution in [2.75, 3.05) is 6.54 Å².